The number of likely N-dealkylation sites (tertiary alicyclic amines) is 1. The van der Waals surface area contributed by atoms with Crippen molar-refractivity contribution >= 4 is 34.2 Å². The molecule has 166 valence electrons. The zero-order chi connectivity index (χ0) is 22.2. The second-order valence-electron chi connectivity index (χ2n) is 8.33. The minimum Gasteiger partial charge on any atom is -0.488 e. The fourth-order valence-corrected chi connectivity index (χ4v) is 4.60. The van der Waals surface area contributed by atoms with E-state index < -0.39 is 0 Å². The molecule has 0 spiro atoms. The molecular weight excluding hydrogens is 406 g/mol. The standard InChI is InChI=1S/C24H27N5O3/c1-25-23(30)19-15-27(2)20-13-17(6-7-18(19)20)29-10-11-32-21-12-16(14-26-22(21)29)24(31)28-8-4-3-5-9-28/h6-7,12-15H,3-5,8-11H2,1-2H3,(H,25,30). The Kier molecular flexibility index (Phi) is 5.20. The lowest BCUT2D eigenvalue weighted by molar-refractivity contribution is 0.0723. The van der Waals surface area contributed by atoms with E-state index in [1.54, 1.807) is 13.2 Å². The number of benzene rings is 1. The van der Waals surface area contributed by atoms with E-state index in [2.05, 4.69) is 21.3 Å². The van der Waals surface area contributed by atoms with Gasteiger partial charge in [-0.1, -0.05) is 0 Å². The molecule has 8 heteroatoms. The molecule has 2 aliphatic heterocycles. The largest absolute Gasteiger partial charge is 0.488 e. The highest BCUT2D eigenvalue weighted by atomic mass is 16.5. The number of piperidine rings is 1. The van der Waals surface area contributed by atoms with Gasteiger partial charge in [-0.15, -0.1) is 0 Å². The molecule has 1 N–H and O–H groups in total. The van der Waals surface area contributed by atoms with E-state index in [0.717, 1.165) is 42.5 Å². The molecule has 0 radical (unpaired) electrons. The summed E-state index contributed by atoms with van der Waals surface area (Å²) in [5.74, 6) is 1.24. The summed E-state index contributed by atoms with van der Waals surface area (Å²) in [6.07, 6.45) is 6.79. The molecular formula is C24H27N5O3. The summed E-state index contributed by atoms with van der Waals surface area (Å²) in [5, 5.41) is 3.60. The van der Waals surface area contributed by atoms with Crippen molar-refractivity contribution in [3.05, 3.63) is 47.8 Å². The van der Waals surface area contributed by atoms with Crippen LogP contribution in [0.15, 0.2) is 36.7 Å². The van der Waals surface area contributed by atoms with E-state index in [-0.39, 0.29) is 11.8 Å². The molecule has 5 rings (SSSR count). The van der Waals surface area contributed by atoms with Crippen LogP contribution in [0, 0.1) is 0 Å². The van der Waals surface area contributed by atoms with Crippen molar-refractivity contribution in [2.24, 2.45) is 7.05 Å². The van der Waals surface area contributed by atoms with E-state index in [0.29, 0.717) is 35.8 Å². The van der Waals surface area contributed by atoms with Gasteiger partial charge in [-0.3, -0.25) is 9.59 Å². The summed E-state index contributed by atoms with van der Waals surface area (Å²) in [7, 11) is 3.57. The van der Waals surface area contributed by atoms with Gasteiger partial charge in [0, 0.05) is 50.7 Å². The van der Waals surface area contributed by atoms with Gasteiger partial charge in [0.1, 0.15) is 6.61 Å². The third-order valence-corrected chi connectivity index (χ3v) is 6.31. The number of fused-ring (bicyclic) bond motifs is 2. The number of carbonyl (C=O) groups is 2. The average Bonchev–Trinajstić information content (AvgIpc) is 3.18. The Bertz CT molecular complexity index is 1200. The van der Waals surface area contributed by atoms with Crippen LogP contribution >= 0.6 is 0 Å². The second kappa shape index (κ2) is 8.18. The number of hydrogen-bond donors (Lipinski definition) is 1. The smallest absolute Gasteiger partial charge is 0.255 e. The fourth-order valence-electron chi connectivity index (χ4n) is 4.60. The number of aromatic nitrogens is 2. The van der Waals surface area contributed by atoms with Crippen molar-refractivity contribution in [1.82, 2.24) is 19.8 Å². The van der Waals surface area contributed by atoms with Gasteiger partial charge >= 0.3 is 0 Å². The van der Waals surface area contributed by atoms with Crippen molar-refractivity contribution in [2.75, 3.05) is 38.2 Å². The first-order valence-corrected chi connectivity index (χ1v) is 11.1. The fraction of sp³-hybridized carbons (Fsp3) is 0.375. The molecule has 1 aromatic carbocycles. The summed E-state index contributed by atoms with van der Waals surface area (Å²) in [6.45, 7) is 2.76. The number of amides is 2. The topological polar surface area (TPSA) is 79.7 Å². The van der Waals surface area contributed by atoms with Gasteiger partial charge in [-0.05, 0) is 43.5 Å². The van der Waals surface area contributed by atoms with Crippen LogP contribution < -0.4 is 15.0 Å². The number of rotatable bonds is 3. The number of nitrogens with zero attached hydrogens (tertiary/aromatic N) is 4. The van der Waals surface area contributed by atoms with Gasteiger partial charge < -0.3 is 24.4 Å². The lowest BCUT2D eigenvalue weighted by atomic mass is 10.1. The van der Waals surface area contributed by atoms with Crippen LogP contribution in [0.1, 0.15) is 40.0 Å². The van der Waals surface area contributed by atoms with Crippen LogP contribution in [0.5, 0.6) is 5.75 Å². The molecule has 0 unspecified atom stereocenters. The van der Waals surface area contributed by atoms with Gasteiger partial charge in [-0.25, -0.2) is 4.98 Å². The van der Waals surface area contributed by atoms with E-state index >= 15 is 0 Å². The first-order chi connectivity index (χ1) is 15.6. The quantitative estimate of drug-likeness (QED) is 0.687. The van der Waals surface area contributed by atoms with Crippen molar-refractivity contribution in [1.29, 1.82) is 0 Å². The predicted molar refractivity (Wildman–Crippen MR) is 123 cm³/mol. The highest BCUT2D eigenvalue weighted by Gasteiger charge is 2.25. The van der Waals surface area contributed by atoms with Crippen LogP contribution in [-0.4, -0.2) is 59.6 Å². The zero-order valence-corrected chi connectivity index (χ0v) is 18.4. The Balaban J connectivity index is 1.47. The second-order valence-corrected chi connectivity index (χ2v) is 8.33. The molecule has 2 aromatic heterocycles. The molecule has 0 atom stereocenters. The maximum Gasteiger partial charge on any atom is 0.255 e. The molecule has 2 amide bonds. The van der Waals surface area contributed by atoms with Crippen molar-refractivity contribution < 1.29 is 14.3 Å². The highest BCUT2D eigenvalue weighted by Crippen LogP contribution is 2.37. The molecule has 8 nitrogen and oxygen atoms in total. The number of anilines is 2. The SMILES string of the molecule is CNC(=O)c1cn(C)c2cc(N3CCOc4cc(C(=O)N5CCCCC5)cnc43)ccc12. The summed E-state index contributed by atoms with van der Waals surface area (Å²) in [6, 6.07) is 7.85. The summed E-state index contributed by atoms with van der Waals surface area (Å²) < 4.78 is 7.84. The maximum absolute atomic E-state index is 12.9. The van der Waals surface area contributed by atoms with Crippen molar-refractivity contribution in [3.63, 3.8) is 0 Å². The average molecular weight is 434 g/mol. The molecule has 1 saturated heterocycles. The lowest BCUT2D eigenvalue weighted by Gasteiger charge is -2.31. The van der Waals surface area contributed by atoms with E-state index in [1.165, 1.54) is 6.42 Å². The molecule has 0 aliphatic carbocycles. The molecule has 32 heavy (non-hydrogen) atoms. The maximum atomic E-state index is 12.9. The van der Waals surface area contributed by atoms with Crippen LogP contribution in [0.2, 0.25) is 0 Å². The van der Waals surface area contributed by atoms with Crippen molar-refractivity contribution in [2.45, 2.75) is 19.3 Å². The van der Waals surface area contributed by atoms with Gasteiger partial charge in [-0.2, -0.15) is 0 Å². The van der Waals surface area contributed by atoms with Crippen LogP contribution in [0.4, 0.5) is 11.5 Å². The number of pyridine rings is 1. The first-order valence-electron chi connectivity index (χ1n) is 11.1. The van der Waals surface area contributed by atoms with Crippen molar-refractivity contribution in [3.8, 4) is 5.75 Å². The molecule has 2 aliphatic rings. The number of hydrogen-bond acceptors (Lipinski definition) is 5. The summed E-state index contributed by atoms with van der Waals surface area (Å²) in [5.41, 5.74) is 3.15. The molecule has 0 bridgehead atoms. The van der Waals surface area contributed by atoms with Gasteiger partial charge in [0.2, 0.25) is 0 Å². The van der Waals surface area contributed by atoms with E-state index in [1.807, 2.05) is 40.9 Å². The Morgan fingerprint density at radius 1 is 1.09 bits per heavy atom. The normalized spacial score (nSPS) is 15.9. The first kappa shape index (κ1) is 20.4. The lowest BCUT2D eigenvalue weighted by Crippen LogP contribution is -2.36. The van der Waals surface area contributed by atoms with Crippen LogP contribution in [0.25, 0.3) is 10.9 Å². The number of aryl methyl sites for hydroxylation is 1. The Hall–Kier alpha value is -3.55. The molecule has 4 heterocycles. The molecule has 3 aromatic rings. The predicted octanol–water partition coefficient (Wildman–Crippen LogP) is 3.09. The Morgan fingerprint density at radius 2 is 1.91 bits per heavy atom. The number of ether oxygens (including phenoxy) is 1. The Labute approximate surface area is 186 Å². The molecule has 0 saturated carbocycles. The minimum atomic E-state index is -0.104. The summed E-state index contributed by atoms with van der Waals surface area (Å²) >= 11 is 0. The third kappa shape index (κ3) is 3.45. The molecule has 1 fully saturated rings. The zero-order valence-electron chi connectivity index (χ0n) is 18.4. The van der Waals surface area contributed by atoms with Gasteiger partial charge in [0.15, 0.2) is 11.6 Å². The number of carbonyl (C=O) groups excluding carboxylic acids is 2. The van der Waals surface area contributed by atoms with Gasteiger partial charge in [0.25, 0.3) is 11.8 Å². The summed E-state index contributed by atoms with van der Waals surface area (Å²) in [4.78, 5) is 33.7. The van der Waals surface area contributed by atoms with Crippen LogP contribution in [0.3, 0.4) is 0 Å². The van der Waals surface area contributed by atoms with Crippen LogP contribution in [-0.2, 0) is 7.05 Å². The van der Waals surface area contributed by atoms with E-state index in [9.17, 15) is 9.59 Å². The highest BCUT2D eigenvalue weighted by molar-refractivity contribution is 6.07. The number of nitrogens with one attached hydrogen (secondary N) is 1. The monoisotopic (exact) mass is 433 g/mol. The Morgan fingerprint density at radius 3 is 2.69 bits per heavy atom. The minimum absolute atomic E-state index is 0.0210. The van der Waals surface area contributed by atoms with Gasteiger partial charge in [0.05, 0.1) is 23.2 Å². The van der Waals surface area contributed by atoms with E-state index in [4.69, 9.17) is 4.74 Å². The third-order valence-electron chi connectivity index (χ3n) is 6.31.